The molecule has 0 saturated heterocycles. The monoisotopic (exact) mass is 257 g/mol. The number of nitrogens with two attached hydrogens (primary N) is 1. The van der Waals surface area contributed by atoms with Crippen LogP contribution in [0.15, 0.2) is 30.6 Å². The molecule has 2 aromatic heterocycles. The highest BCUT2D eigenvalue weighted by molar-refractivity contribution is 5.93. The maximum absolute atomic E-state index is 11.4. The third-order valence-corrected chi connectivity index (χ3v) is 2.71. The van der Waals surface area contributed by atoms with Gasteiger partial charge in [-0.3, -0.25) is 0 Å². The summed E-state index contributed by atoms with van der Waals surface area (Å²) in [5.41, 5.74) is 8.08. The van der Waals surface area contributed by atoms with Crippen molar-refractivity contribution in [3.63, 3.8) is 0 Å². The van der Waals surface area contributed by atoms with Gasteiger partial charge < -0.3 is 15.5 Å². The fourth-order valence-corrected chi connectivity index (χ4v) is 1.80. The highest BCUT2D eigenvalue weighted by Gasteiger charge is 2.10. The van der Waals surface area contributed by atoms with E-state index < -0.39 is 0 Å². The first-order valence-corrected chi connectivity index (χ1v) is 5.56. The molecule has 0 unspecified atom stereocenters. The normalized spacial score (nSPS) is 10.8. The van der Waals surface area contributed by atoms with Gasteiger partial charge in [0.1, 0.15) is 0 Å². The van der Waals surface area contributed by atoms with Gasteiger partial charge in [-0.25, -0.2) is 14.5 Å². The van der Waals surface area contributed by atoms with E-state index in [1.54, 1.807) is 24.4 Å². The van der Waals surface area contributed by atoms with Gasteiger partial charge in [0.15, 0.2) is 0 Å². The van der Waals surface area contributed by atoms with Gasteiger partial charge in [0, 0.05) is 0 Å². The summed E-state index contributed by atoms with van der Waals surface area (Å²) < 4.78 is 6.21. The van der Waals surface area contributed by atoms with Crippen LogP contribution in [-0.4, -0.2) is 32.8 Å². The van der Waals surface area contributed by atoms with Crippen LogP contribution >= 0.6 is 0 Å². The maximum atomic E-state index is 11.4. The lowest BCUT2D eigenvalue weighted by molar-refractivity contribution is 0.0601. The summed E-state index contributed by atoms with van der Waals surface area (Å²) in [6, 6.07) is 5.09. The van der Waals surface area contributed by atoms with Crippen LogP contribution in [0.5, 0.6) is 0 Å². The molecule has 0 saturated carbocycles. The number of nitrogens with one attached hydrogen (secondary N) is 1. The van der Waals surface area contributed by atoms with Gasteiger partial charge in [0.2, 0.25) is 5.95 Å². The number of hydrogen-bond donors (Lipinski definition) is 2. The summed E-state index contributed by atoms with van der Waals surface area (Å²) in [7, 11) is 1.34. The summed E-state index contributed by atoms with van der Waals surface area (Å²) in [5.74, 6) is 0.148. The summed E-state index contributed by atoms with van der Waals surface area (Å²) in [6.07, 6.45) is 3.19. The number of esters is 1. The molecule has 19 heavy (non-hydrogen) atoms. The number of fused-ring (bicyclic) bond motifs is 1. The molecule has 7 nitrogen and oxygen atoms in total. The Kier molecular flexibility index (Phi) is 2.45. The maximum Gasteiger partial charge on any atom is 0.337 e. The molecule has 0 aliphatic carbocycles. The molecule has 0 bridgehead atoms. The van der Waals surface area contributed by atoms with Crippen LogP contribution in [0.25, 0.3) is 17.0 Å². The molecule has 0 fully saturated rings. The van der Waals surface area contributed by atoms with Crippen molar-refractivity contribution in [1.29, 1.82) is 0 Å². The largest absolute Gasteiger partial charge is 0.465 e. The number of carbonyl (C=O) groups excluding carboxylic acids is 1. The van der Waals surface area contributed by atoms with Crippen LogP contribution in [0.2, 0.25) is 0 Å². The minimum atomic E-state index is -0.388. The molecule has 0 atom stereocenters. The van der Waals surface area contributed by atoms with Gasteiger partial charge in [-0.1, -0.05) is 0 Å². The molecule has 7 heteroatoms. The van der Waals surface area contributed by atoms with Gasteiger partial charge in [-0.15, -0.1) is 0 Å². The van der Waals surface area contributed by atoms with E-state index >= 15 is 0 Å². The average Bonchev–Trinajstić information content (AvgIpc) is 3.02. The predicted octanol–water partition coefficient (Wildman–Crippen LogP) is 1.12. The van der Waals surface area contributed by atoms with Crippen molar-refractivity contribution in [2.75, 3.05) is 12.8 Å². The third kappa shape index (κ3) is 1.90. The highest BCUT2D eigenvalue weighted by atomic mass is 16.5. The Balaban J connectivity index is 2.08. The Hall–Kier alpha value is -2.83. The number of carbonyl (C=O) groups is 1. The topological polar surface area (TPSA) is 98.8 Å². The molecule has 3 rings (SSSR count). The average molecular weight is 257 g/mol. The van der Waals surface area contributed by atoms with Gasteiger partial charge >= 0.3 is 5.97 Å². The second-order valence-corrected chi connectivity index (χ2v) is 4.00. The number of H-pyrrole nitrogens is 1. The van der Waals surface area contributed by atoms with E-state index in [0.717, 1.165) is 11.0 Å². The number of aromatic nitrogens is 4. The van der Waals surface area contributed by atoms with E-state index in [4.69, 9.17) is 5.73 Å². The Bertz CT molecular complexity index is 758. The molecule has 2 heterocycles. The number of anilines is 1. The zero-order valence-corrected chi connectivity index (χ0v) is 10.1. The highest BCUT2D eigenvalue weighted by Crippen LogP contribution is 2.16. The minimum Gasteiger partial charge on any atom is -0.465 e. The van der Waals surface area contributed by atoms with E-state index in [0.29, 0.717) is 17.2 Å². The first kappa shape index (κ1) is 11.3. The first-order valence-electron chi connectivity index (χ1n) is 5.56. The van der Waals surface area contributed by atoms with Crippen molar-refractivity contribution >= 4 is 22.7 Å². The van der Waals surface area contributed by atoms with E-state index in [2.05, 4.69) is 19.8 Å². The van der Waals surface area contributed by atoms with Gasteiger partial charge in [-0.2, -0.15) is 5.10 Å². The molecule has 0 aliphatic rings. The zero-order chi connectivity index (χ0) is 13.4. The lowest BCUT2D eigenvalue weighted by atomic mass is 10.2. The number of aromatic amines is 1. The summed E-state index contributed by atoms with van der Waals surface area (Å²) in [4.78, 5) is 18.9. The van der Waals surface area contributed by atoms with Crippen molar-refractivity contribution in [3.05, 3.63) is 36.2 Å². The number of nitrogens with zero attached hydrogens (tertiary/aromatic N) is 3. The van der Waals surface area contributed by atoms with Crippen LogP contribution in [-0.2, 0) is 4.74 Å². The fraction of sp³-hybridized carbons (Fsp3) is 0.0833. The third-order valence-electron chi connectivity index (χ3n) is 2.71. The molecule has 0 aliphatic heterocycles. The van der Waals surface area contributed by atoms with Crippen LogP contribution in [0.1, 0.15) is 10.4 Å². The molecule has 3 aromatic rings. The summed E-state index contributed by atoms with van der Waals surface area (Å²) in [6.45, 7) is 0. The molecule has 96 valence electrons. The quantitative estimate of drug-likeness (QED) is 0.670. The van der Waals surface area contributed by atoms with Crippen LogP contribution < -0.4 is 5.73 Å². The molecule has 0 radical (unpaired) electrons. The van der Waals surface area contributed by atoms with E-state index in [1.165, 1.54) is 18.0 Å². The van der Waals surface area contributed by atoms with Gasteiger partial charge in [0.25, 0.3) is 0 Å². The number of imidazole rings is 1. The first-order chi connectivity index (χ1) is 9.17. The molecule has 1 aromatic carbocycles. The molecular formula is C12H11N5O2. The standard InChI is InChI=1S/C12H11N5O2/c1-19-11(18)7-2-3-9-10(4-7)16-12(15-9)17-6-8(13)5-14-17/h2-6H,13H2,1H3,(H,15,16). The van der Waals surface area contributed by atoms with Crippen LogP contribution in [0.3, 0.4) is 0 Å². The number of ether oxygens (including phenoxy) is 1. The molecule has 3 N–H and O–H groups in total. The lowest BCUT2D eigenvalue weighted by Crippen LogP contribution is -2.00. The van der Waals surface area contributed by atoms with Gasteiger partial charge in [-0.05, 0) is 18.2 Å². The molecular weight excluding hydrogens is 246 g/mol. The number of benzene rings is 1. The summed E-state index contributed by atoms with van der Waals surface area (Å²) in [5, 5.41) is 4.06. The second kappa shape index (κ2) is 4.13. The van der Waals surface area contributed by atoms with E-state index in [9.17, 15) is 4.79 Å². The van der Waals surface area contributed by atoms with E-state index in [1.807, 2.05) is 0 Å². The smallest absolute Gasteiger partial charge is 0.337 e. The van der Waals surface area contributed by atoms with Crippen molar-refractivity contribution in [3.8, 4) is 5.95 Å². The zero-order valence-electron chi connectivity index (χ0n) is 10.1. The van der Waals surface area contributed by atoms with Crippen molar-refractivity contribution in [2.45, 2.75) is 0 Å². The number of hydrogen-bond acceptors (Lipinski definition) is 5. The van der Waals surface area contributed by atoms with Crippen LogP contribution in [0, 0.1) is 0 Å². The van der Waals surface area contributed by atoms with Crippen molar-refractivity contribution in [2.24, 2.45) is 0 Å². The van der Waals surface area contributed by atoms with Crippen LogP contribution in [0.4, 0.5) is 5.69 Å². The van der Waals surface area contributed by atoms with Crippen molar-refractivity contribution in [1.82, 2.24) is 19.7 Å². The van der Waals surface area contributed by atoms with Crippen molar-refractivity contribution < 1.29 is 9.53 Å². The molecule has 0 amide bonds. The Morgan fingerprint density at radius 3 is 3.00 bits per heavy atom. The number of nitrogen functional groups attached to an aromatic ring is 1. The number of methoxy groups -OCH3 is 1. The predicted molar refractivity (Wildman–Crippen MR) is 69.0 cm³/mol. The summed E-state index contributed by atoms with van der Waals surface area (Å²) >= 11 is 0. The lowest BCUT2D eigenvalue weighted by Gasteiger charge is -1.97. The Morgan fingerprint density at radius 1 is 1.47 bits per heavy atom. The fourth-order valence-electron chi connectivity index (χ4n) is 1.80. The van der Waals surface area contributed by atoms with Gasteiger partial charge in [0.05, 0.1) is 41.8 Å². The second-order valence-electron chi connectivity index (χ2n) is 4.00. The Labute approximate surface area is 108 Å². The minimum absolute atomic E-state index is 0.388. The van der Waals surface area contributed by atoms with E-state index in [-0.39, 0.29) is 5.97 Å². The Morgan fingerprint density at radius 2 is 2.32 bits per heavy atom. The molecule has 0 spiro atoms. The number of rotatable bonds is 2. The SMILES string of the molecule is COC(=O)c1ccc2nc(-n3cc(N)cn3)[nH]c2c1.